The normalized spacial score (nSPS) is 23.2. The van der Waals surface area contributed by atoms with E-state index in [-0.39, 0.29) is 5.54 Å². The lowest BCUT2D eigenvalue weighted by molar-refractivity contribution is 0.302. The summed E-state index contributed by atoms with van der Waals surface area (Å²) in [5.74, 6) is 0. The Balaban J connectivity index is 2.25. The first kappa shape index (κ1) is 13.7. The third-order valence-corrected chi connectivity index (χ3v) is 4.46. The van der Waals surface area contributed by atoms with E-state index >= 15 is 0 Å². The molecule has 0 saturated carbocycles. The van der Waals surface area contributed by atoms with Crippen molar-refractivity contribution in [2.75, 3.05) is 18.5 Å². The van der Waals surface area contributed by atoms with Gasteiger partial charge in [0.1, 0.15) is 0 Å². The van der Waals surface area contributed by atoms with Crippen LogP contribution in [0.1, 0.15) is 32.3 Å². The van der Waals surface area contributed by atoms with Gasteiger partial charge < -0.3 is 10.2 Å². The van der Waals surface area contributed by atoms with Crippen LogP contribution < -0.4 is 10.2 Å². The van der Waals surface area contributed by atoms with Gasteiger partial charge in [0, 0.05) is 28.8 Å². The lowest BCUT2D eigenvalue weighted by Gasteiger charge is -2.47. The van der Waals surface area contributed by atoms with Gasteiger partial charge in [-0.25, -0.2) is 0 Å². The van der Waals surface area contributed by atoms with Crippen molar-refractivity contribution in [1.82, 2.24) is 5.32 Å². The highest BCUT2D eigenvalue weighted by molar-refractivity contribution is 6.31. The molecule has 2 nitrogen and oxygen atoms in total. The van der Waals surface area contributed by atoms with Gasteiger partial charge in [0.05, 0.1) is 0 Å². The molecule has 1 heterocycles. The van der Waals surface area contributed by atoms with Crippen LogP contribution in [0.2, 0.25) is 5.02 Å². The first-order valence-corrected chi connectivity index (χ1v) is 7.03. The topological polar surface area (TPSA) is 15.3 Å². The summed E-state index contributed by atoms with van der Waals surface area (Å²) in [5, 5.41) is 4.26. The van der Waals surface area contributed by atoms with Gasteiger partial charge in [-0.05, 0) is 58.4 Å². The Morgan fingerprint density at radius 2 is 2.11 bits per heavy atom. The fourth-order valence-corrected chi connectivity index (χ4v) is 3.05. The predicted molar refractivity (Wildman–Crippen MR) is 79.7 cm³/mol. The number of benzene rings is 1. The van der Waals surface area contributed by atoms with Gasteiger partial charge in [-0.2, -0.15) is 0 Å². The van der Waals surface area contributed by atoms with E-state index in [1.54, 1.807) is 0 Å². The second kappa shape index (κ2) is 5.10. The van der Waals surface area contributed by atoms with E-state index in [1.165, 1.54) is 12.1 Å². The molecule has 100 valence electrons. The molecule has 2 rings (SSSR count). The van der Waals surface area contributed by atoms with Crippen molar-refractivity contribution in [3.63, 3.8) is 0 Å². The summed E-state index contributed by atoms with van der Waals surface area (Å²) in [5.41, 5.74) is 2.55. The number of nitrogens with zero attached hydrogens (tertiary/aromatic N) is 1. The number of halogens is 1. The van der Waals surface area contributed by atoms with Crippen LogP contribution in [0, 0.1) is 6.92 Å². The number of nitrogens with one attached hydrogen (secondary N) is 1. The molecule has 1 aromatic rings. The summed E-state index contributed by atoms with van der Waals surface area (Å²) in [7, 11) is 2.05. The molecule has 0 amide bonds. The molecule has 1 fully saturated rings. The van der Waals surface area contributed by atoms with Crippen molar-refractivity contribution in [3.8, 4) is 0 Å². The summed E-state index contributed by atoms with van der Waals surface area (Å²) < 4.78 is 0. The minimum Gasteiger partial charge on any atom is -0.366 e. The molecule has 1 aliphatic heterocycles. The maximum Gasteiger partial charge on any atom is 0.0455 e. The Bertz CT molecular complexity index is 429. The maximum absolute atomic E-state index is 6.24. The zero-order valence-electron chi connectivity index (χ0n) is 11.8. The van der Waals surface area contributed by atoms with Crippen molar-refractivity contribution in [2.45, 2.75) is 45.2 Å². The number of anilines is 1. The van der Waals surface area contributed by atoms with E-state index in [9.17, 15) is 0 Å². The summed E-state index contributed by atoms with van der Waals surface area (Å²) >= 11 is 6.24. The number of hydrogen-bond acceptors (Lipinski definition) is 2. The molecule has 1 atom stereocenters. The van der Waals surface area contributed by atoms with Crippen molar-refractivity contribution >= 4 is 17.3 Å². The number of rotatable bonds is 2. The second-order valence-corrected chi connectivity index (χ2v) is 6.28. The van der Waals surface area contributed by atoms with Crippen molar-refractivity contribution in [1.29, 1.82) is 0 Å². The molecule has 1 aliphatic rings. The summed E-state index contributed by atoms with van der Waals surface area (Å²) in [4.78, 5) is 2.48. The predicted octanol–water partition coefficient (Wildman–Crippen LogP) is 3.62. The van der Waals surface area contributed by atoms with Gasteiger partial charge >= 0.3 is 0 Å². The molecule has 1 unspecified atom stereocenters. The van der Waals surface area contributed by atoms with Gasteiger partial charge in [0.15, 0.2) is 0 Å². The molecule has 3 heteroatoms. The van der Waals surface area contributed by atoms with Crippen LogP contribution in [0.3, 0.4) is 0 Å². The summed E-state index contributed by atoms with van der Waals surface area (Å²) in [6.45, 7) is 7.75. The molecule has 0 radical (unpaired) electrons. The van der Waals surface area contributed by atoms with E-state index in [2.05, 4.69) is 49.3 Å². The second-order valence-electron chi connectivity index (χ2n) is 5.88. The van der Waals surface area contributed by atoms with Crippen LogP contribution >= 0.6 is 11.6 Å². The highest BCUT2D eigenvalue weighted by Gasteiger charge is 2.34. The molecular weight excluding hydrogens is 244 g/mol. The highest BCUT2D eigenvalue weighted by Crippen LogP contribution is 2.34. The molecule has 0 bridgehead atoms. The van der Waals surface area contributed by atoms with E-state index in [0.717, 1.165) is 23.6 Å². The summed E-state index contributed by atoms with van der Waals surface area (Å²) in [6.07, 6.45) is 2.35. The third kappa shape index (κ3) is 2.65. The Labute approximate surface area is 115 Å². The van der Waals surface area contributed by atoms with Crippen LogP contribution in [0.5, 0.6) is 0 Å². The Morgan fingerprint density at radius 1 is 1.39 bits per heavy atom. The van der Waals surface area contributed by atoms with E-state index < -0.39 is 0 Å². The quantitative estimate of drug-likeness (QED) is 0.880. The molecule has 18 heavy (non-hydrogen) atoms. The molecule has 0 aliphatic carbocycles. The van der Waals surface area contributed by atoms with Crippen LogP contribution in [0.4, 0.5) is 5.69 Å². The molecule has 0 aromatic heterocycles. The molecular formula is C15H23ClN2. The molecule has 0 spiro atoms. The Morgan fingerprint density at radius 3 is 2.67 bits per heavy atom. The highest BCUT2D eigenvalue weighted by atomic mass is 35.5. The number of piperidine rings is 1. The maximum atomic E-state index is 6.24. The van der Waals surface area contributed by atoms with Crippen LogP contribution in [0.25, 0.3) is 0 Å². The summed E-state index contributed by atoms with van der Waals surface area (Å²) in [6, 6.07) is 7.01. The van der Waals surface area contributed by atoms with Crippen molar-refractivity contribution < 1.29 is 0 Å². The minimum absolute atomic E-state index is 0.171. The van der Waals surface area contributed by atoms with Crippen molar-refractivity contribution in [3.05, 3.63) is 28.8 Å². The Hall–Kier alpha value is -0.730. The Kier molecular flexibility index (Phi) is 3.88. The van der Waals surface area contributed by atoms with Crippen LogP contribution in [0.15, 0.2) is 18.2 Å². The van der Waals surface area contributed by atoms with Crippen LogP contribution in [-0.2, 0) is 0 Å². The number of hydrogen-bond donors (Lipinski definition) is 1. The lowest BCUT2D eigenvalue weighted by Crippen LogP contribution is -2.54. The zero-order valence-corrected chi connectivity index (χ0v) is 12.5. The van der Waals surface area contributed by atoms with Gasteiger partial charge in [-0.3, -0.25) is 0 Å². The number of aryl methyl sites for hydroxylation is 1. The molecule has 1 N–H and O–H groups in total. The van der Waals surface area contributed by atoms with Crippen molar-refractivity contribution in [2.24, 2.45) is 0 Å². The van der Waals surface area contributed by atoms with Gasteiger partial charge in [0.25, 0.3) is 0 Å². The van der Waals surface area contributed by atoms with E-state index in [1.807, 2.05) is 6.92 Å². The SMILES string of the molecule is CNC1CCN(c2ccc(C)c(Cl)c2)C(C)(C)C1. The monoisotopic (exact) mass is 266 g/mol. The fraction of sp³-hybridized carbons (Fsp3) is 0.600. The zero-order chi connectivity index (χ0) is 13.3. The standard InChI is InChI=1S/C15H23ClN2/c1-11-5-6-13(9-14(11)16)18-8-7-12(17-4)10-15(18,2)3/h5-6,9,12,17H,7-8,10H2,1-4H3. The van der Waals surface area contributed by atoms with E-state index in [0.29, 0.717) is 6.04 Å². The van der Waals surface area contributed by atoms with Gasteiger partial charge in [-0.1, -0.05) is 17.7 Å². The molecule has 1 saturated heterocycles. The average molecular weight is 267 g/mol. The van der Waals surface area contributed by atoms with E-state index in [4.69, 9.17) is 11.6 Å². The largest absolute Gasteiger partial charge is 0.366 e. The first-order valence-electron chi connectivity index (χ1n) is 6.65. The fourth-order valence-electron chi connectivity index (χ4n) is 2.88. The third-order valence-electron chi connectivity index (χ3n) is 4.05. The minimum atomic E-state index is 0.171. The smallest absolute Gasteiger partial charge is 0.0455 e. The molecule has 1 aromatic carbocycles. The average Bonchev–Trinajstić information content (AvgIpc) is 2.31. The lowest BCUT2D eigenvalue weighted by atomic mass is 9.86. The van der Waals surface area contributed by atoms with Crippen LogP contribution in [-0.4, -0.2) is 25.2 Å². The van der Waals surface area contributed by atoms with Gasteiger partial charge in [0.2, 0.25) is 0 Å². The van der Waals surface area contributed by atoms with Gasteiger partial charge in [-0.15, -0.1) is 0 Å². The first-order chi connectivity index (χ1) is 8.44.